The van der Waals surface area contributed by atoms with Crippen LogP contribution in [0.5, 0.6) is 5.75 Å². The summed E-state index contributed by atoms with van der Waals surface area (Å²) in [4.78, 5) is 17.4. The van der Waals surface area contributed by atoms with Crippen LogP contribution in [0, 0.1) is 0 Å². The molecule has 0 atom stereocenters. The van der Waals surface area contributed by atoms with E-state index in [2.05, 4.69) is 25.8 Å². The molecule has 9 heteroatoms. The van der Waals surface area contributed by atoms with Gasteiger partial charge < -0.3 is 15.4 Å². The Hall–Kier alpha value is -4.66. The summed E-state index contributed by atoms with van der Waals surface area (Å²) in [5.74, 6) is 2.32. The lowest BCUT2D eigenvalue weighted by Gasteiger charge is -2.07. The number of nitrogens with zero attached hydrogens (tertiary/aromatic N) is 5. The smallest absolute Gasteiger partial charge is 0.256 e. The molecule has 0 spiro atoms. The maximum Gasteiger partial charge on any atom is 0.256 e. The highest BCUT2D eigenvalue weighted by Crippen LogP contribution is 2.40. The van der Waals surface area contributed by atoms with Gasteiger partial charge in [0.1, 0.15) is 11.6 Å². The molecule has 0 saturated heterocycles. The predicted molar refractivity (Wildman–Crippen MR) is 138 cm³/mol. The van der Waals surface area contributed by atoms with E-state index in [9.17, 15) is 4.79 Å². The average molecular weight is 480 g/mol. The highest BCUT2D eigenvalue weighted by atomic mass is 16.5. The van der Waals surface area contributed by atoms with Crippen LogP contribution in [0.3, 0.4) is 0 Å². The van der Waals surface area contributed by atoms with Gasteiger partial charge in [-0.25, -0.2) is 4.52 Å². The molecule has 3 aromatic heterocycles. The van der Waals surface area contributed by atoms with E-state index in [1.54, 1.807) is 28.4 Å². The van der Waals surface area contributed by atoms with Crippen LogP contribution >= 0.6 is 0 Å². The van der Waals surface area contributed by atoms with Gasteiger partial charge in [0.15, 0.2) is 5.65 Å². The molecule has 0 aliphatic heterocycles. The molecule has 1 amide bonds. The minimum absolute atomic E-state index is 0.179. The van der Waals surface area contributed by atoms with Crippen molar-refractivity contribution in [3.63, 3.8) is 0 Å². The Bertz CT molecular complexity index is 1550. The third-order valence-electron chi connectivity index (χ3n) is 6.28. The standard InChI is InChI=1S/C27H25N7O2/c1-33-25(16-22(31-33)17-6-7-17)29-26(35)19-8-12-20(13-9-19)28-27-30-24-5-3-4-23(34(24)32-27)18-10-14-21(36-2)15-11-18/h3-5,8-17H,6-7H2,1-2H3,(H,28,32)(H,29,35). The molecule has 36 heavy (non-hydrogen) atoms. The fourth-order valence-electron chi connectivity index (χ4n) is 4.15. The molecule has 0 radical (unpaired) electrons. The maximum absolute atomic E-state index is 12.8. The summed E-state index contributed by atoms with van der Waals surface area (Å²) in [6, 6.07) is 22.9. The Morgan fingerprint density at radius 2 is 1.78 bits per heavy atom. The minimum Gasteiger partial charge on any atom is -0.497 e. The van der Waals surface area contributed by atoms with Crippen LogP contribution in [0.1, 0.15) is 34.8 Å². The van der Waals surface area contributed by atoms with E-state index >= 15 is 0 Å². The van der Waals surface area contributed by atoms with Crippen molar-refractivity contribution in [2.24, 2.45) is 7.05 Å². The zero-order chi connectivity index (χ0) is 24.6. The lowest BCUT2D eigenvalue weighted by Crippen LogP contribution is -2.14. The molecule has 1 aliphatic carbocycles. The first-order valence-corrected chi connectivity index (χ1v) is 11.8. The molecule has 2 N–H and O–H groups in total. The van der Waals surface area contributed by atoms with Gasteiger partial charge in [-0.05, 0) is 73.5 Å². The number of hydrogen-bond acceptors (Lipinski definition) is 6. The van der Waals surface area contributed by atoms with Crippen molar-refractivity contribution in [2.45, 2.75) is 18.8 Å². The summed E-state index contributed by atoms with van der Waals surface area (Å²) >= 11 is 0. The average Bonchev–Trinajstić information content (AvgIpc) is 3.57. The minimum atomic E-state index is -0.179. The quantitative estimate of drug-likeness (QED) is 0.340. The topological polar surface area (TPSA) is 98.4 Å². The number of methoxy groups -OCH3 is 1. The van der Waals surface area contributed by atoms with Gasteiger partial charge in [0.25, 0.3) is 5.91 Å². The zero-order valence-electron chi connectivity index (χ0n) is 20.0. The molecule has 6 rings (SSSR count). The molecule has 1 saturated carbocycles. The third kappa shape index (κ3) is 4.26. The van der Waals surface area contributed by atoms with Gasteiger partial charge in [-0.15, -0.1) is 5.10 Å². The van der Waals surface area contributed by atoms with Gasteiger partial charge in [0.05, 0.1) is 18.5 Å². The molecule has 0 bridgehead atoms. The summed E-state index contributed by atoms with van der Waals surface area (Å²) in [6.45, 7) is 0. The number of amides is 1. The first-order chi connectivity index (χ1) is 17.6. The number of carbonyl (C=O) groups is 1. The summed E-state index contributed by atoms with van der Waals surface area (Å²) in [6.07, 6.45) is 2.34. The highest BCUT2D eigenvalue weighted by Gasteiger charge is 2.27. The van der Waals surface area contributed by atoms with Crippen LogP contribution in [-0.4, -0.2) is 37.4 Å². The number of hydrogen-bond donors (Lipinski definition) is 2. The van der Waals surface area contributed by atoms with E-state index in [1.165, 1.54) is 12.8 Å². The van der Waals surface area contributed by atoms with Crippen LogP contribution in [0.4, 0.5) is 17.5 Å². The van der Waals surface area contributed by atoms with Gasteiger partial charge in [0, 0.05) is 35.8 Å². The van der Waals surface area contributed by atoms with E-state index in [0.29, 0.717) is 23.2 Å². The second-order valence-electron chi connectivity index (χ2n) is 8.85. The third-order valence-corrected chi connectivity index (χ3v) is 6.28. The lowest BCUT2D eigenvalue weighted by molar-refractivity contribution is 0.102. The highest BCUT2D eigenvalue weighted by molar-refractivity contribution is 6.04. The maximum atomic E-state index is 12.8. The van der Waals surface area contributed by atoms with Crippen molar-refractivity contribution >= 4 is 29.0 Å². The number of rotatable bonds is 7. The van der Waals surface area contributed by atoms with E-state index in [0.717, 1.165) is 34.0 Å². The summed E-state index contributed by atoms with van der Waals surface area (Å²) in [7, 11) is 3.49. The van der Waals surface area contributed by atoms with Crippen LogP contribution in [0.15, 0.2) is 72.8 Å². The molecule has 2 aromatic carbocycles. The fraction of sp³-hybridized carbons (Fsp3) is 0.185. The van der Waals surface area contributed by atoms with Crippen molar-refractivity contribution < 1.29 is 9.53 Å². The summed E-state index contributed by atoms with van der Waals surface area (Å²) in [5.41, 5.74) is 5.03. The Morgan fingerprint density at radius 3 is 2.50 bits per heavy atom. The number of benzene rings is 2. The molecule has 0 unspecified atom stereocenters. The number of fused-ring (bicyclic) bond motifs is 1. The first-order valence-electron chi connectivity index (χ1n) is 11.8. The molecule has 180 valence electrons. The number of aryl methyl sites for hydroxylation is 1. The number of pyridine rings is 1. The van der Waals surface area contributed by atoms with Gasteiger partial charge >= 0.3 is 0 Å². The zero-order valence-corrected chi connectivity index (χ0v) is 20.0. The Morgan fingerprint density at radius 1 is 1.00 bits per heavy atom. The van der Waals surface area contributed by atoms with E-state index in [-0.39, 0.29) is 5.91 Å². The Labute approximate surface area is 207 Å². The van der Waals surface area contributed by atoms with Gasteiger partial charge in [-0.2, -0.15) is 10.1 Å². The van der Waals surface area contributed by atoms with Crippen LogP contribution in [0.25, 0.3) is 16.9 Å². The molecule has 1 aliphatic rings. The first kappa shape index (κ1) is 21.8. The number of ether oxygens (including phenoxy) is 1. The molecule has 1 fully saturated rings. The number of nitrogens with one attached hydrogen (secondary N) is 2. The lowest BCUT2D eigenvalue weighted by atomic mass is 10.1. The van der Waals surface area contributed by atoms with Crippen LogP contribution in [-0.2, 0) is 7.05 Å². The molecule has 9 nitrogen and oxygen atoms in total. The van der Waals surface area contributed by atoms with Gasteiger partial charge in [-0.1, -0.05) is 6.07 Å². The predicted octanol–water partition coefficient (Wildman–Crippen LogP) is 5.01. The van der Waals surface area contributed by atoms with Crippen LogP contribution in [0.2, 0.25) is 0 Å². The van der Waals surface area contributed by atoms with E-state index in [1.807, 2.05) is 67.7 Å². The van der Waals surface area contributed by atoms with E-state index in [4.69, 9.17) is 4.74 Å². The van der Waals surface area contributed by atoms with E-state index < -0.39 is 0 Å². The largest absolute Gasteiger partial charge is 0.497 e. The van der Waals surface area contributed by atoms with Crippen molar-refractivity contribution in [3.8, 4) is 17.0 Å². The molecule has 5 aromatic rings. The SMILES string of the molecule is COc1ccc(-c2cccc3nc(Nc4ccc(C(=O)Nc5cc(C6CC6)nn5C)cc4)nn23)cc1. The van der Waals surface area contributed by atoms with Gasteiger partial charge in [-0.3, -0.25) is 9.48 Å². The second-order valence-corrected chi connectivity index (χ2v) is 8.85. The monoisotopic (exact) mass is 479 g/mol. The normalized spacial score (nSPS) is 13.1. The Kier molecular flexibility index (Phi) is 5.37. The Balaban J connectivity index is 1.17. The number of anilines is 3. The summed E-state index contributed by atoms with van der Waals surface area (Å²) in [5, 5.41) is 15.3. The molecular formula is C27H25N7O2. The summed E-state index contributed by atoms with van der Waals surface area (Å²) < 4.78 is 8.78. The van der Waals surface area contributed by atoms with Crippen molar-refractivity contribution in [1.29, 1.82) is 0 Å². The molecule has 3 heterocycles. The van der Waals surface area contributed by atoms with Gasteiger partial charge in [0.2, 0.25) is 5.95 Å². The molecular weight excluding hydrogens is 454 g/mol. The van der Waals surface area contributed by atoms with Crippen LogP contribution < -0.4 is 15.4 Å². The fourth-order valence-corrected chi connectivity index (χ4v) is 4.15. The van der Waals surface area contributed by atoms with Crippen molar-refractivity contribution in [1.82, 2.24) is 24.4 Å². The van der Waals surface area contributed by atoms with Crippen molar-refractivity contribution in [3.05, 3.63) is 84.1 Å². The number of carbonyl (C=O) groups excluding carboxylic acids is 1. The second kappa shape index (κ2) is 8.84. The number of aromatic nitrogens is 5. The van der Waals surface area contributed by atoms with Crippen molar-refractivity contribution in [2.75, 3.05) is 17.7 Å².